The zero-order valence-corrected chi connectivity index (χ0v) is 17.3. The molecule has 0 saturated carbocycles. The van der Waals surface area contributed by atoms with Crippen molar-refractivity contribution in [3.05, 3.63) is 59.3 Å². The number of para-hydroxylation sites is 2. The first-order chi connectivity index (χ1) is 14.7. The first-order valence-corrected chi connectivity index (χ1v) is 10.2. The van der Waals surface area contributed by atoms with E-state index in [0.717, 1.165) is 16.8 Å². The lowest BCUT2D eigenvalue weighted by Crippen LogP contribution is -2.42. The molecule has 1 atom stereocenters. The Morgan fingerprint density at radius 3 is 2.48 bits per heavy atom. The molecule has 0 spiro atoms. The van der Waals surface area contributed by atoms with Gasteiger partial charge in [0.25, 0.3) is 0 Å². The van der Waals surface area contributed by atoms with E-state index >= 15 is 0 Å². The Morgan fingerprint density at radius 1 is 1.06 bits per heavy atom. The molecule has 1 N–H and O–H groups in total. The number of hydrogen-bond acceptors (Lipinski definition) is 4. The minimum atomic E-state index is -4.64. The number of rotatable bonds is 3. The van der Waals surface area contributed by atoms with Gasteiger partial charge in [0.2, 0.25) is 5.91 Å². The fourth-order valence-corrected chi connectivity index (χ4v) is 3.91. The average molecular weight is 428 g/mol. The van der Waals surface area contributed by atoms with Crippen LogP contribution in [0.25, 0.3) is 11.0 Å². The summed E-state index contributed by atoms with van der Waals surface area (Å²) in [5.74, 6) is -0.848. The van der Waals surface area contributed by atoms with E-state index in [-0.39, 0.29) is 23.8 Å². The summed E-state index contributed by atoms with van der Waals surface area (Å²) >= 11 is 0. The first kappa shape index (κ1) is 21.1. The predicted octanol–water partition coefficient (Wildman–Crippen LogP) is 5.12. The average Bonchev–Trinajstić information content (AvgIpc) is 2.75. The van der Waals surface area contributed by atoms with Crippen LogP contribution in [0.5, 0.6) is 0 Å². The summed E-state index contributed by atoms with van der Waals surface area (Å²) < 4.78 is 41.2. The molecule has 4 rings (SSSR count). The number of carbonyl (C=O) groups is 1. The van der Waals surface area contributed by atoms with Crippen molar-refractivity contribution in [1.82, 2.24) is 9.97 Å². The number of hydrogen-bond donors (Lipinski definition) is 1. The van der Waals surface area contributed by atoms with Gasteiger partial charge in [-0.2, -0.15) is 13.2 Å². The van der Waals surface area contributed by atoms with E-state index in [1.165, 1.54) is 6.07 Å². The van der Waals surface area contributed by atoms with E-state index in [2.05, 4.69) is 15.3 Å². The molecular formula is C23H23F3N4O. The fraction of sp³-hybridized carbons (Fsp3) is 0.348. The summed E-state index contributed by atoms with van der Waals surface area (Å²) in [6.07, 6.45) is -3.44. The van der Waals surface area contributed by atoms with E-state index in [4.69, 9.17) is 0 Å². The number of nitrogens with zero attached hydrogens (tertiary/aromatic N) is 3. The van der Waals surface area contributed by atoms with E-state index in [1.54, 1.807) is 23.1 Å². The SMILES string of the molecule is Cc1cccc(NC(=O)[C@H]2CCCN(c3nc4ccccc4nc3C(F)(F)F)C2)c1C. The number of amides is 1. The van der Waals surface area contributed by atoms with Gasteiger partial charge in [-0.25, -0.2) is 9.97 Å². The standard InChI is InChI=1S/C23H23F3N4O/c1-14-7-5-11-17(15(14)2)29-22(31)16-8-6-12-30(13-16)21-20(23(24,25)26)27-18-9-3-4-10-19(18)28-21/h3-5,7,9-11,16H,6,8,12-13H2,1-2H3,(H,29,31)/t16-/m0/s1. The molecular weight excluding hydrogens is 405 g/mol. The Balaban J connectivity index is 1.62. The summed E-state index contributed by atoms with van der Waals surface area (Å²) in [6.45, 7) is 4.44. The highest BCUT2D eigenvalue weighted by atomic mass is 19.4. The lowest BCUT2D eigenvalue weighted by Gasteiger charge is -2.34. The molecule has 1 amide bonds. The fourth-order valence-electron chi connectivity index (χ4n) is 3.91. The second kappa shape index (κ2) is 8.17. The second-order valence-corrected chi connectivity index (χ2v) is 7.90. The second-order valence-electron chi connectivity index (χ2n) is 7.90. The molecule has 2 aromatic carbocycles. The van der Waals surface area contributed by atoms with Gasteiger partial charge in [0.05, 0.1) is 17.0 Å². The highest BCUT2D eigenvalue weighted by Gasteiger charge is 2.40. The summed E-state index contributed by atoms with van der Waals surface area (Å²) in [5.41, 5.74) is 2.34. The smallest absolute Gasteiger partial charge is 0.354 e. The van der Waals surface area contributed by atoms with Gasteiger partial charge in [-0.05, 0) is 56.0 Å². The van der Waals surface area contributed by atoms with Gasteiger partial charge >= 0.3 is 6.18 Å². The van der Waals surface area contributed by atoms with Crippen LogP contribution in [0.1, 0.15) is 29.7 Å². The maximum atomic E-state index is 13.7. The predicted molar refractivity (Wildman–Crippen MR) is 114 cm³/mol. The normalized spacial score (nSPS) is 17.1. The van der Waals surface area contributed by atoms with Crippen LogP contribution in [-0.4, -0.2) is 29.0 Å². The zero-order chi connectivity index (χ0) is 22.2. The molecule has 5 nitrogen and oxygen atoms in total. The third-order valence-electron chi connectivity index (χ3n) is 5.77. The first-order valence-electron chi connectivity index (χ1n) is 10.2. The van der Waals surface area contributed by atoms with Crippen molar-refractivity contribution in [1.29, 1.82) is 0 Å². The number of halogens is 3. The summed E-state index contributed by atoms with van der Waals surface area (Å²) in [5, 5.41) is 2.94. The molecule has 1 aromatic heterocycles. The van der Waals surface area contributed by atoms with E-state index in [1.807, 2.05) is 32.0 Å². The van der Waals surface area contributed by atoms with Crippen molar-refractivity contribution in [2.75, 3.05) is 23.3 Å². The molecule has 0 unspecified atom stereocenters. The monoisotopic (exact) mass is 428 g/mol. The van der Waals surface area contributed by atoms with Crippen molar-refractivity contribution in [2.45, 2.75) is 32.9 Å². The van der Waals surface area contributed by atoms with Gasteiger partial charge in [0, 0.05) is 18.8 Å². The lowest BCUT2D eigenvalue weighted by molar-refractivity contribution is -0.140. The van der Waals surface area contributed by atoms with Gasteiger partial charge in [-0.1, -0.05) is 24.3 Å². The largest absolute Gasteiger partial charge is 0.437 e. The third-order valence-corrected chi connectivity index (χ3v) is 5.77. The maximum Gasteiger partial charge on any atom is 0.437 e. The molecule has 2 heterocycles. The highest BCUT2D eigenvalue weighted by Crippen LogP contribution is 2.37. The lowest BCUT2D eigenvalue weighted by atomic mass is 9.96. The van der Waals surface area contributed by atoms with Gasteiger partial charge in [0.15, 0.2) is 11.5 Å². The number of alkyl halides is 3. The quantitative estimate of drug-likeness (QED) is 0.629. The number of benzene rings is 2. The molecule has 1 saturated heterocycles. The molecule has 1 aliphatic heterocycles. The van der Waals surface area contributed by atoms with E-state index < -0.39 is 17.8 Å². The van der Waals surface area contributed by atoms with Gasteiger partial charge < -0.3 is 10.2 Å². The number of piperidine rings is 1. The molecule has 1 aliphatic rings. The minimum Gasteiger partial charge on any atom is -0.354 e. The van der Waals surface area contributed by atoms with Crippen LogP contribution in [0.4, 0.5) is 24.7 Å². The Morgan fingerprint density at radius 2 is 1.77 bits per heavy atom. The summed E-state index contributed by atoms with van der Waals surface area (Å²) in [6, 6.07) is 12.2. The topological polar surface area (TPSA) is 58.1 Å². The van der Waals surface area contributed by atoms with Gasteiger partial charge in [-0.15, -0.1) is 0 Å². The van der Waals surface area contributed by atoms with Crippen molar-refractivity contribution in [2.24, 2.45) is 5.92 Å². The van der Waals surface area contributed by atoms with E-state index in [0.29, 0.717) is 24.9 Å². The van der Waals surface area contributed by atoms with Crippen LogP contribution in [-0.2, 0) is 11.0 Å². The molecule has 8 heteroatoms. The minimum absolute atomic E-state index is 0.160. The summed E-state index contributed by atoms with van der Waals surface area (Å²) in [7, 11) is 0. The Kier molecular flexibility index (Phi) is 5.56. The van der Waals surface area contributed by atoms with Crippen LogP contribution < -0.4 is 10.2 Å². The van der Waals surface area contributed by atoms with Crippen LogP contribution >= 0.6 is 0 Å². The van der Waals surface area contributed by atoms with Crippen molar-refractivity contribution in [3.63, 3.8) is 0 Å². The number of fused-ring (bicyclic) bond motifs is 1. The number of aromatic nitrogens is 2. The molecule has 0 aliphatic carbocycles. The third kappa shape index (κ3) is 4.33. The van der Waals surface area contributed by atoms with Crippen molar-refractivity contribution < 1.29 is 18.0 Å². The maximum absolute atomic E-state index is 13.7. The van der Waals surface area contributed by atoms with Gasteiger partial charge in [0.1, 0.15) is 0 Å². The highest BCUT2D eigenvalue weighted by molar-refractivity contribution is 5.94. The van der Waals surface area contributed by atoms with Crippen LogP contribution in [0.2, 0.25) is 0 Å². The Labute approximate surface area is 178 Å². The zero-order valence-electron chi connectivity index (χ0n) is 17.3. The molecule has 0 radical (unpaired) electrons. The van der Waals surface area contributed by atoms with Crippen LogP contribution in [0.15, 0.2) is 42.5 Å². The number of aryl methyl sites for hydroxylation is 1. The Hall–Kier alpha value is -3.16. The Bertz CT molecular complexity index is 1130. The molecule has 1 fully saturated rings. The number of nitrogens with one attached hydrogen (secondary N) is 1. The molecule has 162 valence electrons. The number of carbonyl (C=O) groups excluding carboxylic acids is 1. The molecule has 3 aromatic rings. The van der Waals surface area contributed by atoms with Crippen molar-refractivity contribution >= 4 is 28.4 Å². The summed E-state index contributed by atoms with van der Waals surface area (Å²) in [4.78, 5) is 22.6. The van der Waals surface area contributed by atoms with Gasteiger partial charge in [-0.3, -0.25) is 4.79 Å². The van der Waals surface area contributed by atoms with Crippen LogP contribution in [0.3, 0.4) is 0 Å². The van der Waals surface area contributed by atoms with Crippen LogP contribution in [0, 0.1) is 19.8 Å². The van der Waals surface area contributed by atoms with Crippen molar-refractivity contribution in [3.8, 4) is 0 Å². The number of anilines is 2. The molecule has 0 bridgehead atoms. The molecule has 31 heavy (non-hydrogen) atoms. The van der Waals surface area contributed by atoms with E-state index in [9.17, 15) is 18.0 Å².